The smallest absolute Gasteiger partial charge is 0.323 e. The Hall–Kier alpha value is -0.570. The Kier molecular flexibility index (Phi) is 4.58. The minimum Gasteiger partial charge on any atom is -0.468 e. The Morgan fingerprint density at radius 1 is 1.40 bits per heavy atom. The Bertz CT molecular complexity index is 216. The summed E-state index contributed by atoms with van der Waals surface area (Å²) in [5, 5.41) is 0. The molecule has 0 bridgehead atoms. The molecule has 1 rings (SSSR count). The van der Waals surface area contributed by atoms with Crippen LogP contribution in [0.1, 0.15) is 40.0 Å². The summed E-state index contributed by atoms with van der Waals surface area (Å²) in [4.78, 5) is 14.0. The molecule has 0 amide bonds. The first-order valence-corrected chi connectivity index (χ1v) is 5.91. The van der Waals surface area contributed by atoms with Crippen molar-refractivity contribution in [3.63, 3.8) is 0 Å². The Morgan fingerprint density at radius 3 is 2.53 bits per heavy atom. The molecule has 0 spiro atoms. The summed E-state index contributed by atoms with van der Waals surface area (Å²) in [6.45, 7) is 7.41. The van der Waals surface area contributed by atoms with Gasteiger partial charge in [0.1, 0.15) is 6.04 Å². The minimum atomic E-state index is -0.0845. The number of rotatable bonds is 3. The zero-order valence-corrected chi connectivity index (χ0v) is 10.3. The number of likely N-dealkylation sites (tertiary alicyclic amines) is 1. The van der Waals surface area contributed by atoms with Crippen LogP contribution in [0.5, 0.6) is 0 Å². The third-order valence-electron chi connectivity index (χ3n) is 3.29. The van der Waals surface area contributed by atoms with Gasteiger partial charge in [-0.15, -0.1) is 0 Å². The molecule has 0 aromatic heterocycles. The van der Waals surface area contributed by atoms with E-state index >= 15 is 0 Å². The number of hydrogen-bond donors (Lipinski definition) is 0. The number of nitrogens with zero attached hydrogens (tertiary/aromatic N) is 1. The SMILES string of the molecule is COC(=O)[C@H](C(C)C)N1CCCC[C@H]1C. The summed E-state index contributed by atoms with van der Waals surface area (Å²) >= 11 is 0. The van der Waals surface area contributed by atoms with E-state index in [4.69, 9.17) is 4.74 Å². The highest BCUT2D eigenvalue weighted by Crippen LogP contribution is 2.23. The van der Waals surface area contributed by atoms with Crippen molar-refractivity contribution < 1.29 is 9.53 Å². The van der Waals surface area contributed by atoms with Crippen LogP contribution in [0.3, 0.4) is 0 Å². The van der Waals surface area contributed by atoms with Crippen molar-refractivity contribution in [3.05, 3.63) is 0 Å². The molecule has 88 valence electrons. The molecule has 1 heterocycles. The van der Waals surface area contributed by atoms with Crippen molar-refractivity contribution in [2.75, 3.05) is 13.7 Å². The first-order valence-electron chi connectivity index (χ1n) is 5.91. The van der Waals surface area contributed by atoms with Gasteiger partial charge in [0.15, 0.2) is 0 Å². The maximum atomic E-state index is 11.7. The van der Waals surface area contributed by atoms with Gasteiger partial charge in [-0.05, 0) is 32.2 Å². The molecule has 1 saturated heterocycles. The van der Waals surface area contributed by atoms with E-state index in [-0.39, 0.29) is 12.0 Å². The van der Waals surface area contributed by atoms with Crippen LogP contribution in [0.2, 0.25) is 0 Å². The van der Waals surface area contributed by atoms with E-state index in [0.717, 1.165) is 6.54 Å². The standard InChI is InChI=1S/C12H23NO2/c1-9(2)11(12(14)15-4)13-8-6-5-7-10(13)3/h9-11H,5-8H2,1-4H3/t10-,11+/m1/s1. The van der Waals surface area contributed by atoms with Gasteiger partial charge in [-0.3, -0.25) is 9.69 Å². The van der Waals surface area contributed by atoms with E-state index in [9.17, 15) is 4.79 Å². The van der Waals surface area contributed by atoms with Gasteiger partial charge in [-0.1, -0.05) is 20.3 Å². The van der Waals surface area contributed by atoms with Crippen molar-refractivity contribution in [2.24, 2.45) is 5.92 Å². The number of ether oxygens (including phenoxy) is 1. The second-order valence-electron chi connectivity index (χ2n) is 4.79. The lowest BCUT2D eigenvalue weighted by molar-refractivity contribution is -0.150. The third-order valence-corrected chi connectivity index (χ3v) is 3.29. The second kappa shape index (κ2) is 5.50. The lowest BCUT2D eigenvalue weighted by Crippen LogP contribution is -2.51. The fraction of sp³-hybridized carbons (Fsp3) is 0.917. The average Bonchev–Trinajstić information content (AvgIpc) is 2.20. The van der Waals surface area contributed by atoms with Gasteiger partial charge in [-0.2, -0.15) is 0 Å². The Labute approximate surface area is 92.8 Å². The van der Waals surface area contributed by atoms with E-state index in [1.54, 1.807) is 0 Å². The zero-order valence-electron chi connectivity index (χ0n) is 10.3. The number of carbonyl (C=O) groups excluding carboxylic acids is 1. The van der Waals surface area contributed by atoms with E-state index < -0.39 is 0 Å². The third kappa shape index (κ3) is 2.94. The van der Waals surface area contributed by atoms with Crippen LogP contribution in [-0.4, -0.2) is 36.6 Å². The molecule has 1 aliphatic rings. The molecule has 3 nitrogen and oxygen atoms in total. The molecule has 1 fully saturated rings. The number of esters is 1. The predicted molar refractivity (Wildman–Crippen MR) is 60.7 cm³/mol. The van der Waals surface area contributed by atoms with Crippen molar-refractivity contribution in [3.8, 4) is 0 Å². The fourth-order valence-electron chi connectivity index (χ4n) is 2.44. The predicted octanol–water partition coefficient (Wildman–Crippen LogP) is 2.06. The Morgan fingerprint density at radius 2 is 2.07 bits per heavy atom. The van der Waals surface area contributed by atoms with Crippen LogP contribution in [0, 0.1) is 5.92 Å². The normalized spacial score (nSPS) is 25.3. The first-order chi connectivity index (χ1) is 7.07. The van der Waals surface area contributed by atoms with Crippen LogP contribution in [-0.2, 0) is 9.53 Å². The van der Waals surface area contributed by atoms with Crippen LogP contribution >= 0.6 is 0 Å². The maximum absolute atomic E-state index is 11.7. The quantitative estimate of drug-likeness (QED) is 0.672. The lowest BCUT2D eigenvalue weighted by Gasteiger charge is -2.39. The van der Waals surface area contributed by atoms with Gasteiger partial charge >= 0.3 is 5.97 Å². The summed E-state index contributed by atoms with van der Waals surface area (Å²) in [6, 6.07) is 0.440. The molecule has 0 aromatic carbocycles. The monoisotopic (exact) mass is 213 g/mol. The van der Waals surface area contributed by atoms with Crippen LogP contribution in [0.15, 0.2) is 0 Å². The summed E-state index contributed by atoms with van der Waals surface area (Å²) < 4.78 is 4.89. The van der Waals surface area contributed by atoms with Crippen molar-refractivity contribution in [1.29, 1.82) is 0 Å². The number of hydrogen-bond acceptors (Lipinski definition) is 3. The molecular weight excluding hydrogens is 190 g/mol. The van der Waals surface area contributed by atoms with Crippen LogP contribution < -0.4 is 0 Å². The molecule has 0 aromatic rings. The largest absolute Gasteiger partial charge is 0.468 e. The van der Waals surface area contributed by atoms with Crippen LogP contribution in [0.4, 0.5) is 0 Å². The van der Waals surface area contributed by atoms with Gasteiger partial charge in [0.05, 0.1) is 7.11 Å². The van der Waals surface area contributed by atoms with Crippen LogP contribution in [0.25, 0.3) is 0 Å². The first kappa shape index (κ1) is 12.5. The summed E-state index contributed by atoms with van der Waals surface area (Å²) in [7, 11) is 1.48. The fourth-order valence-corrected chi connectivity index (χ4v) is 2.44. The molecular formula is C12H23NO2. The molecule has 0 saturated carbocycles. The van der Waals surface area contributed by atoms with E-state index in [2.05, 4.69) is 25.7 Å². The molecule has 2 atom stereocenters. The van der Waals surface area contributed by atoms with Gasteiger partial charge in [0, 0.05) is 6.04 Å². The van der Waals surface area contributed by atoms with E-state index in [1.165, 1.54) is 26.4 Å². The lowest BCUT2D eigenvalue weighted by atomic mass is 9.95. The highest BCUT2D eigenvalue weighted by Gasteiger charge is 2.33. The topological polar surface area (TPSA) is 29.5 Å². The molecule has 0 unspecified atom stereocenters. The molecule has 3 heteroatoms. The van der Waals surface area contributed by atoms with Crippen molar-refractivity contribution in [2.45, 2.75) is 52.1 Å². The second-order valence-corrected chi connectivity index (χ2v) is 4.79. The number of piperidine rings is 1. The molecule has 1 aliphatic heterocycles. The zero-order chi connectivity index (χ0) is 11.4. The minimum absolute atomic E-state index is 0.0645. The average molecular weight is 213 g/mol. The van der Waals surface area contributed by atoms with E-state index in [0.29, 0.717) is 12.0 Å². The highest BCUT2D eigenvalue weighted by atomic mass is 16.5. The number of methoxy groups -OCH3 is 1. The summed E-state index contributed by atoms with van der Waals surface area (Å²) in [5.74, 6) is 0.233. The Balaban J connectivity index is 2.73. The van der Waals surface area contributed by atoms with E-state index in [1.807, 2.05) is 0 Å². The molecule has 0 N–H and O–H groups in total. The number of carbonyl (C=O) groups is 1. The maximum Gasteiger partial charge on any atom is 0.323 e. The molecule has 15 heavy (non-hydrogen) atoms. The van der Waals surface area contributed by atoms with Gasteiger partial charge in [0.25, 0.3) is 0 Å². The van der Waals surface area contributed by atoms with Gasteiger partial charge in [0.2, 0.25) is 0 Å². The highest BCUT2D eigenvalue weighted by molar-refractivity contribution is 5.76. The summed E-state index contributed by atoms with van der Waals surface area (Å²) in [5.41, 5.74) is 0. The summed E-state index contributed by atoms with van der Waals surface area (Å²) in [6.07, 6.45) is 3.68. The molecule has 0 aliphatic carbocycles. The molecule has 0 radical (unpaired) electrons. The van der Waals surface area contributed by atoms with Crippen molar-refractivity contribution in [1.82, 2.24) is 4.90 Å². The van der Waals surface area contributed by atoms with Gasteiger partial charge in [-0.25, -0.2) is 0 Å². The van der Waals surface area contributed by atoms with Crippen molar-refractivity contribution >= 4 is 5.97 Å². The van der Waals surface area contributed by atoms with Gasteiger partial charge < -0.3 is 4.74 Å².